The van der Waals surface area contributed by atoms with Gasteiger partial charge in [0.2, 0.25) is 0 Å². The Hall–Kier alpha value is -1.56. The molecular weight excluding hydrogens is 300 g/mol. The van der Waals surface area contributed by atoms with Crippen LogP contribution in [-0.2, 0) is 9.84 Å². The first-order valence-corrected chi connectivity index (χ1v) is 9.69. The average molecular weight is 324 g/mol. The molecule has 122 valence electrons. The predicted molar refractivity (Wildman–Crippen MR) is 87.4 cm³/mol. The maximum atomic E-state index is 12.4. The second-order valence-electron chi connectivity index (χ2n) is 6.17. The van der Waals surface area contributed by atoms with E-state index in [1.165, 1.54) is 6.26 Å². The standard InChI is InChI=1S/C16H24N2O3S/c1-13-8-10-18(11-9-13)16(19)17-15(12-22(2,20)21)14-6-4-3-5-7-14/h3-7,13,15H,8-12H2,1-2H3,(H,17,19)/t15-/m0/s1. The third kappa shape index (κ3) is 5.02. The SMILES string of the molecule is CC1CCN(C(=O)N[C@@H](CS(C)(=O)=O)c2ccccc2)CC1. The Morgan fingerprint density at radius 1 is 1.27 bits per heavy atom. The van der Waals surface area contributed by atoms with Gasteiger partial charge in [0.25, 0.3) is 0 Å². The lowest BCUT2D eigenvalue weighted by Gasteiger charge is -2.32. The van der Waals surface area contributed by atoms with Gasteiger partial charge < -0.3 is 10.2 Å². The van der Waals surface area contributed by atoms with Gasteiger partial charge in [0.15, 0.2) is 0 Å². The number of nitrogens with zero attached hydrogens (tertiary/aromatic N) is 1. The van der Waals surface area contributed by atoms with Crippen molar-refractivity contribution >= 4 is 15.9 Å². The fourth-order valence-corrected chi connectivity index (χ4v) is 3.54. The van der Waals surface area contributed by atoms with Crippen molar-refractivity contribution in [1.82, 2.24) is 10.2 Å². The van der Waals surface area contributed by atoms with E-state index in [-0.39, 0.29) is 11.8 Å². The summed E-state index contributed by atoms with van der Waals surface area (Å²) in [5.41, 5.74) is 0.812. The number of carbonyl (C=O) groups excluding carboxylic acids is 1. The van der Waals surface area contributed by atoms with Crippen LogP contribution in [0.5, 0.6) is 0 Å². The molecule has 0 aromatic heterocycles. The highest BCUT2D eigenvalue weighted by Gasteiger charge is 2.25. The van der Waals surface area contributed by atoms with Crippen molar-refractivity contribution < 1.29 is 13.2 Å². The van der Waals surface area contributed by atoms with Crippen molar-refractivity contribution in [2.24, 2.45) is 5.92 Å². The number of carbonyl (C=O) groups is 1. The maximum absolute atomic E-state index is 12.4. The van der Waals surface area contributed by atoms with E-state index in [1.54, 1.807) is 4.90 Å². The molecule has 5 nitrogen and oxygen atoms in total. The lowest BCUT2D eigenvalue weighted by molar-refractivity contribution is 0.171. The molecular formula is C16H24N2O3S. The molecule has 1 N–H and O–H groups in total. The predicted octanol–water partition coefficient (Wildman–Crippen LogP) is 2.21. The van der Waals surface area contributed by atoms with Crippen LogP contribution in [0.3, 0.4) is 0 Å². The van der Waals surface area contributed by atoms with Gasteiger partial charge in [-0.3, -0.25) is 0 Å². The molecule has 2 amide bonds. The van der Waals surface area contributed by atoms with Gasteiger partial charge in [0.1, 0.15) is 9.84 Å². The molecule has 2 rings (SSSR count). The normalized spacial score (nSPS) is 18.0. The summed E-state index contributed by atoms with van der Waals surface area (Å²) in [6, 6.07) is 8.56. The summed E-state index contributed by atoms with van der Waals surface area (Å²) in [5.74, 6) is 0.553. The number of benzene rings is 1. The minimum atomic E-state index is -3.19. The lowest BCUT2D eigenvalue weighted by Crippen LogP contribution is -2.46. The zero-order valence-electron chi connectivity index (χ0n) is 13.2. The molecule has 0 saturated carbocycles. The topological polar surface area (TPSA) is 66.5 Å². The lowest BCUT2D eigenvalue weighted by atomic mass is 9.99. The summed E-state index contributed by atoms with van der Waals surface area (Å²) in [4.78, 5) is 14.2. The van der Waals surface area contributed by atoms with Crippen molar-refractivity contribution in [3.8, 4) is 0 Å². The quantitative estimate of drug-likeness (QED) is 0.923. The number of hydrogen-bond donors (Lipinski definition) is 1. The summed E-state index contributed by atoms with van der Waals surface area (Å²) in [6.07, 6.45) is 3.18. The summed E-state index contributed by atoms with van der Waals surface area (Å²) in [7, 11) is -3.19. The van der Waals surface area contributed by atoms with Crippen LogP contribution in [0.4, 0.5) is 4.79 Å². The molecule has 1 fully saturated rings. The average Bonchev–Trinajstić information content (AvgIpc) is 2.47. The molecule has 6 heteroatoms. The van der Waals surface area contributed by atoms with Crippen molar-refractivity contribution in [2.45, 2.75) is 25.8 Å². The molecule has 1 aliphatic heterocycles. The number of piperidine rings is 1. The van der Waals surface area contributed by atoms with Gasteiger partial charge in [-0.1, -0.05) is 37.3 Å². The van der Waals surface area contributed by atoms with E-state index >= 15 is 0 Å². The monoisotopic (exact) mass is 324 g/mol. The van der Waals surface area contributed by atoms with Gasteiger partial charge in [0.05, 0.1) is 11.8 Å². The van der Waals surface area contributed by atoms with E-state index in [2.05, 4.69) is 12.2 Å². The maximum Gasteiger partial charge on any atom is 0.317 e. The minimum absolute atomic E-state index is 0.0903. The van der Waals surface area contributed by atoms with Gasteiger partial charge in [-0.25, -0.2) is 13.2 Å². The highest BCUT2D eigenvalue weighted by Crippen LogP contribution is 2.18. The van der Waals surface area contributed by atoms with E-state index in [9.17, 15) is 13.2 Å². The van der Waals surface area contributed by atoms with E-state index in [0.717, 1.165) is 31.5 Å². The van der Waals surface area contributed by atoms with E-state index in [1.807, 2.05) is 30.3 Å². The summed E-state index contributed by atoms with van der Waals surface area (Å²) < 4.78 is 23.3. The molecule has 0 bridgehead atoms. The van der Waals surface area contributed by atoms with Crippen LogP contribution >= 0.6 is 0 Å². The van der Waals surface area contributed by atoms with Crippen LogP contribution in [0, 0.1) is 5.92 Å². The number of rotatable bonds is 4. The Kier molecular flexibility index (Phi) is 5.45. The zero-order valence-corrected chi connectivity index (χ0v) is 14.0. The molecule has 1 aromatic carbocycles. The molecule has 0 aliphatic carbocycles. The number of nitrogens with one attached hydrogen (secondary N) is 1. The number of likely N-dealkylation sites (tertiary alicyclic amines) is 1. The Bertz CT molecular complexity index is 593. The Morgan fingerprint density at radius 3 is 2.41 bits per heavy atom. The van der Waals surface area contributed by atoms with Crippen LogP contribution in [0.15, 0.2) is 30.3 Å². The first kappa shape index (κ1) is 16.8. The van der Waals surface area contributed by atoms with Crippen LogP contribution in [0.2, 0.25) is 0 Å². The second-order valence-corrected chi connectivity index (χ2v) is 8.36. The molecule has 1 saturated heterocycles. The molecule has 22 heavy (non-hydrogen) atoms. The molecule has 1 atom stereocenters. The number of amides is 2. The van der Waals surface area contributed by atoms with Crippen LogP contribution in [-0.4, -0.2) is 44.4 Å². The van der Waals surface area contributed by atoms with Crippen molar-refractivity contribution in [2.75, 3.05) is 25.1 Å². The van der Waals surface area contributed by atoms with Crippen LogP contribution in [0.1, 0.15) is 31.4 Å². The fraction of sp³-hybridized carbons (Fsp3) is 0.562. The Balaban J connectivity index is 2.08. The van der Waals surface area contributed by atoms with Gasteiger partial charge in [-0.2, -0.15) is 0 Å². The molecule has 1 aromatic rings. The Labute approximate surface area is 132 Å². The third-order valence-corrected chi connectivity index (χ3v) is 4.98. The number of sulfone groups is 1. The first-order valence-electron chi connectivity index (χ1n) is 7.63. The highest BCUT2D eigenvalue weighted by molar-refractivity contribution is 7.90. The zero-order chi connectivity index (χ0) is 16.2. The van der Waals surface area contributed by atoms with E-state index < -0.39 is 15.9 Å². The summed E-state index contributed by atoms with van der Waals surface area (Å²) >= 11 is 0. The summed E-state index contributed by atoms with van der Waals surface area (Å²) in [5, 5.41) is 2.88. The third-order valence-electron chi connectivity index (χ3n) is 4.04. The smallest absolute Gasteiger partial charge is 0.317 e. The molecule has 0 unspecified atom stereocenters. The van der Waals surface area contributed by atoms with Gasteiger partial charge in [-0.05, 0) is 24.3 Å². The second kappa shape index (κ2) is 7.13. The summed E-state index contributed by atoms with van der Waals surface area (Å²) in [6.45, 7) is 3.65. The van der Waals surface area contributed by atoms with Gasteiger partial charge in [0, 0.05) is 19.3 Å². The number of hydrogen-bond acceptors (Lipinski definition) is 3. The molecule has 0 spiro atoms. The molecule has 1 aliphatic rings. The van der Waals surface area contributed by atoms with Crippen molar-refractivity contribution in [1.29, 1.82) is 0 Å². The first-order chi connectivity index (χ1) is 10.3. The number of urea groups is 1. The minimum Gasteiger partial charge on any atom is -0.330 e. The van der Waals surface area contributed by atoms with Gasteiger partial charge >= 0.3 is 6.03 Å². The fourth-order valence-electron chi connectivity index (χ4n) is 2.66. The van der Waals surface area contributed by atoms with Crippen molar-refractivity contribution in [3.63, 3.8) is 0 Å². The Morgan fingerprint density at radius 2 is 1.86 bits per heavy atom. The van der Waals surface area contributed by atoms with E-state index in [4.69, 9.17) is 0 Å². The van der Waals surface area contributed by atoms with Crippen molar-refractivity contribution in [3.05, 3.63) is 35.9 Å². The van der Waals surface area contributed by atoms with E-state index in [0.29, 0.717) is 5.92 Å². The van der Waals surface area contributed by atoms with Gasteiger partial charge in [-0.15, -0.1) is 0 Å². The van der Waals surface area contributed by atoms with Crippen LogP contribution < -0.4 is 5.32 Å². The molecule has 0 radical (unpaired) electrons. The largest absolute Gasteiger partial charge is 0.330 e. The highest BCUT2D eigenvalue weighted by atomic mass is 32.2. The molecule has 1 heterocycles. The van der Waals surface area contributed by atoms with Crippen LogP contribution in [0.25, 0.3) is 0 Å².